The predicted octanol–water partition coefficient (Wildman–Crippen LogP) is -0.715. The smallest absolute Gasteiger partial charge is 0.187 e. The number of hydrogen-bond acceptors (Lipinski definition) is 16. The van der Waals surface area contributed by atoms with E-state index in [1.165, 1.54) is 13.8 Å². The lowest BCUT2D eigenvalue weighted by Gasteiger charge is -2.72. The first kappa shape index (κ1) is 46.9. The Bertz CT molecular complexity index is 1430. The Morgan fingerprint density at radius 1 is 0.724 bits per heavy atom. The van der Waals surface area contributed by atoms with Gasteiger partial charge in [-0.05, 0) is 117 Å². The van der Waals surface area contributed by atoms with Gasteiger partial charge in [0.2, 0.25) is 0 Å². The van der Waals surface area contributed by atoms with Gasteiger partial charge in [-0.25, -0.2) is 0 Å². The van der Waals surface area contributed by atoms with E-state index in [2.05, 4.69) is 20.8 Å². The van der Waals surface area contributed by atoms with Gasteiger partial charge in [0.25, 0.3) is 0 Å². The standard InChI is InChI=1S/C42H74O16/c1-37(2)25(46)10-12-39(5)24-15-20(45)27-19(42(8,14-11-26(47)38(3,4)54)58-36-33(53)31(51)29(49)23(18-44)57-36)9-13-40(27,6)41(24,7)16-21(34(37)39)55-35-32(52)30(50)28(48)22(17-43)56-35/h19-36,43-54H,9-18H2,1-8H3/t19-,20+,21-,22+,23-,24+,25-,26-,27-,28+,29-,30-,31+,32+,33-,34+,35-,36+,39+,40+,41+,42-/m0/s1. The zero-order chi connectivity index (χ0) is 43.3. The van der Waals surface area contributed by atoms with E-state index in [4.69, 9.17) is 18.9 Å². The summed E-state index contributed by atoms with van der Waals surface area (Å²) in [6.45, 7) is 14.1. The quantitative estimate of drug-likeness (QED) is 0.115. The van der Waals surface area contributed by atoms with Gasteiger partial charge in [-0.3, -0.25) is 0 Å². The highest BCUT2D eigenvalue weighted by Gasteiger charge is 2.74. The van der Waals surface area contributed by atoms with Crippen LogP contribution in [0.25, 0.3) is 0 Å². The van der Waals surface area contributed by atoms with Crippen LogP contribution in [0.4, 0.5) is 0 Å². The molecule has 0 aromatic carbocycles. The van der Waals surface area contributed by atoms with Gasteiger partial charge in [-0.1, -0.05) is 34.6 Å². The molecule has 0 aromatic rings. The minimum atomic E-state index is -1.69. The molecule has 0 radical (unpaired) electrons. The van der Waals surface area contributed by atoms with Crippen LogP contribution in [0.1, 0.15) is 107 Å². The number of fused-ring (bicyclic) bond motifs is 5. The number of hydrogen-bond donors (Lipinski definition) is 12. The Kier molecular flexibility index (Phi) is 13.1. The van der Waals surface area contributed by atoms with Crippen LogP contribution in [0.5, 0.6) is 0 Å². The summed E-state index contributed by atoms with van der Waals surface area (Å²) in [5.41, 5.74) is -5.08. The molecule has 58 heavy (non-hydrogen) atoms. The maximum absolute atomic E-state index is 12.6. The molecule has 4 saturated carbocycles. The van der Waals surface area contributed by atoms with Crippen LogP contribution in [0.3, 0.4) is 0 Å². The normalized spacial score (nSPS) is 52.2. The first-order valence-corrected chi connectivity index (χ1v) is 21.4. The molecule has 338 valence electrons. The molecule has 0 bridgehead atoms. The second kappa shape index (κ2) is 16.2. The Balaban J connectivity index is 1.40. The van der Waals surface area contributed by atoms with Crippen molar-refractivity contribution in [1.29, 1.82) is 0 Å². The van der Waals surface area contributed by atoms with Crippen molar-refractivity contribution in [3.05, 3.63) is 0 Å². The maximum atomic E-state index is 12.6. The summed E-state index contributed by atoms with van der Waals surface area (Å²) in [6.07, 6.45) is -15.1. The van der Waals surface area contributed by atoms with Crippen molar-refractivity contribution in [3.8, 4) is 0 Å². The van der Waals surface area contributed by atoms with Crippen molar-refractivity contribution >= 4 is 0 Å². The summed E-state index contributed by atoms with van der Waals surface area (Å²) in [4.78, 5) is 0. The Hall–Kier alpha value is -0.640. The van der Waals surface area contributed by atoms with Gasteiger partial charge in [0.15, 0.2) is 12.6 Å². The van der Waals surface area contributed by atoms with E-state index in [-0.39, 0.29) is 24.7 Å². The monoisotopic (exact) mass is 834 g/mol. The highest BCUT2D eigenvalue weighted by Crippen LogP contribution is 2.76. The largest absolute Gasteiger partial charge is 0.394 e. The van der Waals surface area contributed by atoms with Crippen molar-refractivity contribution in [2.75, 3.05) is 13.2 Å². The van der Waals surface area contributed by atoms with E-state index in [1.807, 2.05) is 20.8 Å². The third kappa shape index (κ3) is 7.43. The van der Waals surface area contributed by atoms with Crippen LogP contribution in [0, 0.1) is 45.3 Å². The Morgan fingerprint density at radius 3 is 1.83 bits per heavy atom. The van der Waals surface area contributed by atoms with E-state index in [0.29, 0.717) is 38.5 Å². The molecule has 6 rings (SSSR count). The molecule has 0 unspecified atom stereocenters. The lowest BCUT2D eigenvalue weighted by atomic mass is 9.34. The lowest BCUT2D eigenvalue weighted by molar-refractivity contribution is -0.350. The van der Waals surface area contributed by atoms with Gasteiger partial charge < -0.3 is 80.2 Å². The van der Waals surface area contributed by atoms with Crippen LogP contribution in [-0.2, 0) is 18.9 Å². The molecule has 16 heteroatoms. The Labute approximate surface area is 342 Å². The molecule has 2 aliphatic heterocycles. The van der Waals surface area contributed by atoms with Crippen LogP contribution < -0.4 is 0 Å². The van der Waals surface area contributed by atoms with Gasteiger partial charge >= 0.3 is 0 Å². The van der Waals surface area contributed by atoms with E-state index >= 15 is 0 Å². The van der Waals surface area contributed by atoms with E-state index < -0.39 is 144 Å². The molecular formula is C42H74O16. The summed E-state index contributed by atoms with van der Waals surface area (Å²) in [5.74, 6) is -1.23. The van der Waals surface area contributed by atoms with Crippen molar-refractivity contribution in [2.45, 2.75) is 204 Å². The van der Waals surface area contributed by atoms with E-state index in [0.717, 1.165) is 0 Å². The number of aliphatic hydroxyl groups is 12. The second-order valence-electron chi connectivity index (χ2n) is 21.1. The van der Waals surface area contributed by atoms with Crippen molar-refractivity contribution in [3.63, 3.8) is 0 Å². The Morgan fingerprint density at radius 2 is 1.28 bits per heavy atom. The highest BCUT2D eigenvalue weighted by molar-refractivity contribution is 5.22. The molecule has 2 heterocycles. The van der Waals surface area contributed by atoms with Gasteiger partial charge in [-0.2, -0.15) is 0 Å². The third-order valence-corrected chi connectivity index (χ3v) is 17.1. The number of ether oxygens (including phenoxy) is 4. The summed E-state index contributed by atoms with van der Waals surface area (Å²) in [7, 11) is 0. The average Bonchev–Trinajstić information content (AvgIpc) is 3.54. The second-order valence-corrected chi connectivity index (χ2v) is 21.1. The van der Waals surface area contributed by atoms with Gasteiger partial charge in [0.1, 0.15) is 48.8 Å². The van der Waals surface area contributed by atoms with Gasteiger partial charge in [-0.15, -0.1) is 0 Å². The fraction of sp³-hybridized carbons (Fsp3) is 1.00. The van der Waals surface area contributed by atoms with Crippen LogP contribution >= 0.6 is 0 Å². The third-order valence-electron chi connectivity index (χ3n) is 17.1. The van der Waals surface area contributed by atoms with Crippen molar-refractivity contribution < 1.29 is 80.2 Å². The van der Waals surface area contributed by atoms with Crippen LogP contribution in [0.2, 0.25) is 0 Å². The lowest BCUT2D eigenvalue weighted by Crippen LogP contribution is -2.71. The first-order chi connectivity index (χ1) is 26.7. The topological polar surface area (TPSA) is 280 Å². The van der Waals surface area contributed by atoms with Crippen LogP contribution in [-0.4, -0.2) is 172 Å². The fourth-order valence-corrected chi connectivity index (χ4v) is 13.6. The average molecular weight is 835 g/mol. The summed E-state index contributed by atoms with van der Waals surface area (Å²) >= 11 is 0. The zero-order valence-electron chi connectivity index (χ0n) is 35.5. The van der Waals surface area contributed by atoms with E-state index in [1.54, 1.807) is 0 Å². The van der Waals surface area contributed by atoms with Crippen LogP contribution in [0.15, 0.2) is 0 Å². The van der Waals surface area contributed by atoms with Gasteiger partial charge in [0.05, 0.1) is 48.8 Å². The molecule has 22 atom stereocenters. The summed E-state index contributed by atoms with van der Waals surface area (Å²) < 4.78 is 25.2. The number of rotatable bonds is 11. The molecule has 0 spiro atoms. The summed E-state index contributed by atoms with van der Waals surface area (Å²) in [6, 6.07) is 0. The minimum Gasteiger partial charge on any atom is -0.394 e. The molecule has 16 nitrogen and oxygen atoms in total. The first-order valence-electron chi connectivity index (χ1n) is 21.4. The molecule has 6 fully saturated rings. The molecule has 2 saturated heterocycles. The molecule has 12 N–H and O–H groups in total. The fourth-order valence-electron chi connectivity index (χ4n) is 13.6. The predicted molar refractivity (Wildman–Crippen MR) is 205 cm³/mol. The van der Waals surface area contributed by atoms with Crippen molar-refractivity contribution in [1.82, 2.24) is 0 Å². The molecule has 6 aliphatic rings. The molecule has 0 aromatic heterocycles. The molecular weight excluding hydrogens is 760 g/mol. The maximum Gasteiger partial charge on any atom is 0.187 e. The molecule has 0 amide bonds. The SMILES string of the molecule is CC(C)(O)[C@@H](O)CC[C@](C)(O[C@H]1O[C@@H](CO)[C@H](O)[C@@H](O)[C@@H]1O)[C@H]1CC[C@]2(C)[C@@H]1[C@H](O)C[C@@H]1[C@@]3(C)CC[C@H](O)C(C)(C)[C@H]3[C@@H](O[C@H]3O[C@H](CO)[C@@H](O)[C@H](O)[C@H]3O)C[C@]12C. The molecule has 4 aliphatic carbocycles. The van der Waals surface area contributed by atoms with Crippen molar-refractivity contribution in [2.24, 2.45) is 45.3 Å². The number of aliphatic hydroxyl groups excluding tert-OH is 11. The zero-order valence-corrected chi connectivity index (χ0v) is 35.5. The van der Waals surface area contributed by atoms with Gasteiger partial charge in [0, 0.05) is 0 Å². The summed E-state index contributed by atoms with van der Waals surface area (Å²) in [5, 5.41) is 131. The van der Waals surface area contributed by atoms with E-state index in [9.17, 15) is 61.3 Å². The minimum absolute atomic E-state index is 0.0690. The highest BCUT2D eigenvalue weighted by atomic mass is 16.7.